The number of aromatic amines is 1. The van der Waals surface area contributed by atoms with E-state index in [-0.39, 0.29) is 5.69 Å². The molecule has 1 heterocycles. The number of nitrogens with zero attached hydrogens (tertiary/aromatic N) is 2. The lowest BCUT2D eigenvalue weighted by atomic mass is 10.3. The number of hydrogen-bond acceptors (Lipinski definition) is 3. The Bertz CT molecular complexity index is 572. The summed E-state index contributed by atoms with van der Waals surface area (Å²) in [5, 5.41) is 11.2. The van der Waals surface area contributed by atoms with Crippen LogP contribution in [-0.2, 0) is 0 Å². The van der Waals surface area contributed by atoms with Crippen molar-refractivity contribution in [3.63, 3.8) is 0 Å². The Morgan fingerprint density at radius 1 is 1.37 bits per heavy atom. The molecule has 0 unspecified atom stereocenters. The summed E-state index contributed by atoms with van der Waals surface area (Å²) in [7, 11) is 0. The van der Waals surface area contributed by atoms with E-state index in [1.165, 1.54) is 12.4 Å². The summed E-state index contributed by atoms with van der Waals surface area (Å²) in [4.78, 5) is 15.5. The topological polar surface area (TPSA) is 82.7 Å². The lowest BCUT2D eigenvalue weighted by Gasteiger charge is -2.12. The molecule has 19 heavy (non-hydrogen) atoms. The van der Waals surface area contributed by atoms with Crippen molar-refractivity contribution in [2.45, 2.75) is 13.0 Å². The summed E-state index contributed by atoms with van der Waals surface area (Å²) in [5.74, 6) is -1.51. The van der Waals surface area contributed by atoms with Gasteiger partial charge in [0.05, 0.1) is 6.04 Å². The highest BCUT2D eigenvalue weighted by atomic mass is 19.2. The van der Waals surface area contributed by atoms with Gasteiger partial charge in [-0.1, -0.05) is 0 Å². The van der Waals surface area contributed by atoms with Gasteiger partial charge in [-0.25, -0.2) is 18.6 Å². The second-order valence-electron chi connectivity index (χ2n) is 3.82. The van der Waals surface area contributed by atoms with Crippen LogP contribution in [0.1, 0.15) is 18.8 Å². The highest BCUT2D eigenvalue weighted by Gasteiger charge is 2.12. The first-order chi connectivity index (χ1) is 9.06. The Morgan fingerprint density at radius 3 is 2.79 bits per heavy atom. The van der Waals surface area contributed by atoms with Gasteiger partial charge < -0.3 is 10.6 Å². The second-order valence-corrected chi connectivity index (χ2v) is 3.82. The van der Waals surface area contributed by atoms with Gasteiger partial charge in [0.15, 0.2) is 11.6 Å². The standard InChI is InChI=1S/C11H11F2N5O/c1-6(10-14-5-15-18-10)16-11(19)17-7-2-3-8(12)9(13)4-7/h2-6H,1H3,(H,14,15,18)(H2,16,17,19)/t6-/m0/s1. The van der Waals surface area contributed by atoms with Crippen LogP contribution in [0.3, 0.4) is 0 Å². The summed E-state index contributed by atoms with van der Waals surface area (Å²) in [5.41, 5.74) is 0.154. The fourth-order valence-electron chi connectivity index (χ4n) is 1.43. The molecule has 0 spiro atoms. The molecule has 0 saturated heterocycles. The third-order valence-corrected chi connectivity index (χ3v) is 2.37. The predicted octanol–water partition coefficient (Wildman–Crippen LogP) is 1.97. The zero-order valence-electron chi connectivity index (χ0n) is 9.95. The van der Waals surface area contributed by atoms with Gasteiger partial charge in [-0.05, 0) is 19.1 Å². The van der Waals surface area contributed by atoms with E-state index in [9.17, 15) is 13.6 Å². The fraction of sp³-hybridized carbons (Fsp3) is 0.182. The van der Waals surface area contributed by atoms with Gasteiger partial charge in [-0.3, -0.25) is 5.10 Å². The van der Waals surface area contributed by atoms with Gasteiger partial charge in [-0.2, -0.15) is 5.10 Å². The minimum Gasteiger partial charge on any atom is -0.328 e. The summed E-state index contributed by atoms with van der Waals surface area (Å²) in [6, 6.07) is 2.14. The van der Waals surface area contributed by atoms with Gasteiger partial charge in [0.1, 0.15) is 12.2 Å². The first-order valence-corrected chi connectivity index (χ1v) is 5.44. The molecule has 1 atom stereocenters. The molecule has 2 aromatic rings. The van der Waals surface area contributed by atoms with Crippen molar-refractivity contribution in [1.82, 2.24) is 20.5 Å². The molecule has 0 saturated carbocycles. The Kier molecular flexibility index (Phi) is 3.69. The molecule has 1 aromatic carbocycles. The Hall–Kier alpha value is -2.51. The van der Waals surface area contributed by atoms with Crippen LogP contribution < -0.4 is 10.6 Å². The van der Waals surface area contributed by atoms with Crippen LogP contribution >= 0.6 is 0 Å². The molecule has 1 aromatic heterocycles. The minimum absolute atomic E-state index is 0.154. The largest absolute Gasteiger partial charge is 0.328 e. The van der Waals surface area contributed by atoms with Crippen molar-refractivity contribution in [2.75, 3.05) is 5.32 Å². The first-order valence-electron chi connectivity index (χ1n) is 5.44. The molecular weight excluding hydrogens is 256 g/mol. The first kappa shape index (κ1) is 12.9. The molecular formula is C11H11F2N5O. The van der Waals surface area contributed by atoms with E-state index in [0.717, 1.165) is 12.1 Å². The van der Waals surface area contributed by atoms with Gasteiger partial charge in [-0.15, -0.1) is 0 Å². The van der Waals surface area contributed by atoms with Gasteiger partial charge in [0.25, 0.3) is 0 Å². The molecule has 2 rings (SSSR count). The molecule has 6 nitrogen and oxygen atoms in total. The minimum atomic E-state index is -1.03. The maximum atomic E-state index is 12.9. The van der Waals surface area contributed by atoms with Crippen molar-refractivity contribution >= 4 is 11.7 Å². The number of rotatable bonds is 3. The smallest absolute Gasteiger partial charge is 0.319 e. The maximum absolute atomic E-state index is 12.9. The third kappa shape index (κ3) is 3.24. The van der Waals surface area contributed by atoms with Gasteiger partial charge in [0, 0.05) is 11.8 Å². The third-order valence-electron chi connectivity index (χ3n) is 2.37. The number of H-pyrrole nitrogens is 1. The zero-order valence-corrected chi connectivity index (χ0v) is 9.95. The van der Waals surface area contributed by atoms with E-state index in [4.69, 9.17) is 0 Å². The monoisotopic (exact) mass is 267 g/mol. The number of nitrogens with one attached hydrogen (secondary N) is 3. The molecule has 0 bridgehead atoms. The SMILES string of the molecule is C[C@H](NC(=O)Nc1ccc(F)c(F)c1)c1ncn[nH]1. The highest BCUT2D eigenvalue weighted by molar-refractivity contribution is 5.89. The van der Waals surface area contributed by atoms with Crippen molar-refractivity contribution in [3.05, 3.63) is 42.0 Å². The van der Waals surface area contributed by atoms with E-state index in [1.807, 2.05) is 0 Å². The van der Waals surface area contributed by atoms with Crippen LogP contribution in [0.5, 0.6) is 0 Å². The molecule has 0 fully saturated rings. The molecule has 0 aliphatic carbocycles. The number of carbonyl (C=O) groups excluding carboxylic acids is 1. The number of halogens is 2. The average molecular weight is 267 g/mol. The average Bonchev–Trinajstić information content (AvgIpc) is 2.87. The lowest BCUT2D eigenvalue weighted by Crippen LogP contribution is -2.31. The number of anilines is 1. The van der Waals surface area contributed by atoms with E-state index >= 15 is 0 Å². The van der Waals surface area contributed by atoms with E-state index < -0.39 is 23.7 Å². The lowest BCUT2D eigenvalue weighted by molar-refractivity contribution is 0.249. The maximum Gasteiger partial charge on any atom is 0.319 e. The Balaban J connectivity index is 1.95. The van der Waals surface area contributed by atoms with Crippen molar-refractivity contribution in [1.29, 1.82) is 0 Å². The number of benzene rings is 1. The second kappa shape index (κ2) is 5.42. The van der Waals surface area contributed by atoms with Crippen LogP contribution in [0.25, 0.3) is 0 Å². The van der Waals surface area contributed by atoms with Crippen molar-refractivity contribution in [3.8, 4) is 0 Å². The van der Waals surface area contributed by atoms with Crippen molar-refractivity contribution in [2.24, 2.45) is 0 Å². The van der Waals surface area contributed by atoms with Gasteiger partial charge in [0.2, 0.25) is 0 Å². The Morgan fingerprint density at radius 2 is 2.16 bits per heavy atom. The quantitative estimate of drug-likeness (QED) is 0.795. The molecule has 3 N–H and O–H groups in total. The van der Waals surface area contributed by atoms with E-state index in [1.54, 1.807) is 6.92 Å². The summed E-state index contributed by atoms with van der Waals surface area (Å²) in [6.45, 7) is 1.70. The number of hydrogen-bond donors (Lipinski definition) is 3. The van der Waals surface area contributed by atoms with Crippen LogP contribution in [0.2, 0.25) is 0 Å². The van der Waals surface area contributed by atoms with Crippen LogP contribution in [0.15, 0.2) is 24.5 Å². The molecule has 2 amide bonds. The van der Waals surface area contributed by atoms with Crippen LogP contribution in [0.4, 0.5) is 19.3 Å². The summed E-state index contributed by atoms with van der Waals surface area (Å²) >= 11 is 0. The highest BCUT2D eigenvalue weighted by Crippen LogP contribution is 2.13. The number of urea groups is 1. The van der Waals surface area contributed by atoms with Gasteiger partial charge >= 0.3 is 6.03 Å². The molecule has 0 aliphatic heterocycles. The number of carbonyl (C=O) groups is 1. The summed E-state index contributed by atoms with van der Waals surface area (Å²) in [6.07, 6.45) is 1.32. The van der Waals surface area contributed by atoms with Crippen LogP contribution in [-0.4, -0.2) is 21.2 Å². The molecule has 0 aliphatic rings. The molecule has 0 radical (unpaired) electrons. The van der Waals surface area contributed by atoms with Crippen LogP contribution in [0, 0.1) is 11.6 Å². The van der Waals surface area contributed by atoms with E-state index in [0.29, 0.717) is 5.82 Å². The van der Waals surface area contributed by atoms with Crippen molar-refractivity contribution < 1.29 is 13.6 Å². The predicted molar refractivity (Wildman–Crippen MR) is 63.3 cm³/mol. The number of amides is 2. The normalized spacial score (nSPS) is 11.9. The molecule has 100 valence electrons. The summed E-state index contributed by atoms with van der Waals surface area (Å²) < 4.78 is 25.7. The zero-order chi connectivity index (χ0) is 13.8. The Labute approximate surface area is 107 Å². The molecule has 8 heteroatoms. The fourth-order valence-corrected chi connectivity index (χ4v) is 1.43. The van der Waals surface area contributed by atoms with E-state index in [2.05, 4.69) is 25.8 Å². The number of aromatic nitrogens is 3.